The van der Waals surface area contributed by atoms with Gasteiger partial charge in [-0.1, -0.05) is 0 Å². The average Bonchev–Trinajstić information content (AvgIpc) is 3.06. The summed E-state index contributed by atoms with van der Waals surface area (Å²) in [5, 5.41) is 1.06. The van der Waals surface area contributed by atoms with Gasteiger partial charge in [0.25, 0.3) is 0 Å². The Morgan fingerprint density at radius 3 is 2.02 bits per heavy atom. The number of rotatable bonds is 6. The van der Waals surface area contributed by atoms with Crippen molar-refractivity contribution in [3.05, 3.63) is 127 Å². The van der Waals surface area contributed by atoms with Crippen LogP contribution in [0.5, 0.6) is 5.75 Å². The number of aromatic nitrogens is 1. The molecule has 43 heavy (non-hydrogen) atoms. The van der Waals surface area contributed by atoms with E-state index in [4.69, 9.17) is 14.5 Å². The van der Waals surface area contributed by atoms with Crippen LogP contribution in [0.2, 0.25) is 0 Å². The summed E-state index contributed by atoms with van der Waals surface area (Å²) in [5.41, 5.74) is 8.69. The summed E-state index contributed by atoms with van der Waals surface area (Å²) >= 11 is 0.210. The summed E-state index contributed by atoms with van der Waals surface area (Å²) in [6.45, 7) is 2.15. The summed E-state index contributed by atoms with van der Waals surface area (Å²) in [4.78, 5) is 20.0. The molecule has 0 saturated carbocycles. The van der Waals surface area contributed by atoms with E-state index >= 15 is 0 Å². The number of ether oxygens (including phenoxy) is 2. The zero-order valence-corrected chi connectivity index (χ0v) is 25.5. The van der Waals surface area contributed by atoms with Gasteiger partial charge in [0.05, 0.1) is 13.7 Å². The van der Waals surface area contributed by atoms with Crippen LogP contribution in [-0.2, 0) is 4.74 Å². The minimum absolute atomic E-state index is 0.210. The van der Waals surface area contributed by atoms with Crippen molar-refractivity contribution >= 4 is 57.8 Å². The zero-order valence-electron chi connectivity index (χ0n) is 23.8. The molecule has 0 unspecified atom stereocenters. The Labute approximate surface area is 256 Å². The third kappa shape index (κ3) is 4.95. The Kier molecular flexibility index (Phi) is 7.15. The number of carbonyl (C=O) groups is 1. The van der Waals surface area contributed by atoms with E-state index in [0.717, 1.165) is 44.7 Å². The van der Waals surface area contributed by atoms with Crippen molar-refractivity contribution in [1.29, 1.82) is 0 Å². The summed E-state index contributed by atoms with van der Waals surface area (Å²) in [7, 11) is 1.68. The van der Waals surface area contributed by atoms with Gasteiger partial charge in [-0.05, 0) is 6.92 Å². The number of benzene rings is 5. The molecule has 1 aliphatic rings. The maximum absolute atomic E-state index is 12.3. The van der Waals surface area contributed by atoms with Crippen LogP contribution in [0, 0.1) is 0 Å². The number of fused-ring (bicyclic) bond motifs is 3. The van der Waals surface area contributed by atoms with E-state index in [0.29, 0.717) is 12.2 Å². The van der Waals surface area contributed by atoms with Gasteiger partial charge in [-0.25, -0.2) is 4.79 Å². The van der Waals surface area contributed by atoms with Crippen molar-refractivity contribution in [1.82, 2.24) is 4.98 Å². The Balaban J connectivity index is 1.47. The van der Waals surface area contributed by atoms with Crippen LogP contribution in [0.1, 0.15) is 17.3 Å². The summed E-state index contributed by atoms with van der Waals surface area (Å²) in [6.07, 6.45) is 0. The fourth-order valence-electron chi connectivity index (χ4n) is 5.53. The monoisotopic (exact) mass is 628 g/mol. The van der Waals surface area contributed by atoms with Gasteiger partial charge in [0.1, 0.15) is 0 Å². The van der Waals surface area contributed by atoms with Gasteiger partial charge in [-0.15, -0.1) is 0 Å². The van der Waals surface area contributed by atoms with Crippen molar-refractivity contribution in [3.63, 3.8) is 0 Å². The van der Waals surface area contributed by atoms with E-state index in [1.165, 1.54) is 20.3 Å². The first-order valence-electron chi connectivity index (χ1n) is 14.2. The number of para-hydroxylation sites is 3. The van der Waals surface area contributed by atoms with Crippen molar-refractivity contribution in [2.24, 2.45) is 0 Å². The third-order valence-electron chi connectivity index (χ3n) is 7.58. The second kappa shape index (κ2) is 11.4. The van der Waals surface area contributed by atoms with E-state index in [-0.39, 0.29) is 20.9 Å². The maximum atomic E-state index is 12.3. The molecule has 0 atom stereocenters. The van der Waals surface area contributed by atoms with Crippen LogP contribution in [0.3, 0.4) is 0 Å². The molecule has 0 radical (unpaired) electrons. The minimum atomic E-state index is -0.328. The van der Waals surface area contributed by atoms with E-state index in [1.807, 2.05) is 31.2 Å². The second-order valence-electron chi connectivity index (χ2n) is 10.1. The Morgan fingerprint density at radius 1 is 0.744 bits per heavy atom. The predicted molar refractivity (Wildman–Crippen MR) is 175 cm³/mol. The first-order chi connectivity index (χ1) is 21.1. The van der Waals surface area contributed by atoms with Crippen LogP contribution in [0.15, 0.2) is 121 Å². The number of carbonyl (C=O) groups excluding carboxylic acids is 1. The number of methoxy groups -OCH3 is 1. The van der Waals surface area contributed by atoms with Gasteiger partial charge in [0.15, 0.2) is 0 Å². The molecule has 1 aromatic heterocycles. The fraction of sp³-hybridized carbons (Fsp3) is 0.0811. The zero-order chi connectivity index (χ0) is 29.3. The van der Waals surface area contributed by atoms with E-state index in [9.17, 15) is 4.79 Å². The van der Waals surface area contributed by atoms with Gasteiger partial charge in [-0.2, -0.15) is 0 Å². The summed E-state index contributed by atoms with van der Waals surface area (Å²) < 4.78 is 13.3. The molecule has 0 aliphatic carbocycles. The predicted octanol–water partition coefficient (Wildman–Crippen LogP) is 7.19. The molecule has 1 aliphatic heterocycles. The normalized spacial score (nSPS) is 12.0. The Morgan fingerprint density at radius 2 is 1.37 bits per heavy atom. The second-order valence-corrected chi connectivity index (χ2v) is 12.4. The number of pyridine rings is 1. The fourth-order valence-corrected chi connectivity index (χ4v) is 7.75. The quantitative estimate of drug-likeness (QED) is 0.144. The average molecular weight is 628 g/mol. The molecule has 0 saturated heterocycles. The molecule has 0 N–H and O–H groups in total. The molecule has 6 aromatic rings. The topological polar surface area (TPSA) is 51.7 Å². The molecule has 0 amide bonds. The molecule has 5 aromatic carbocycles. The number of hydrogen-bond donors (Lipinski definition) is 0. The molecule has 2 heterocycles. The van der Waals surface area contributed by atoms with Crippen molar-refractivity contribution < 1.29 is 14.3 Å². The number of hydrogen-bond acceptors (Lipinski definition) is 5. The van der Waals surface area contributed by atoms with Crippen LogP contribution in [0.25, 0.3) is 33.3 Å². The summed E-state index contributed by atoms with van der Waals surface area (Å²) in [6, 6.07) is 41.5. The molecular weight excluding hydrogens is 599 g/mol. The van der Waals surface area contributed by atoms with Gasteiger partial charge in [-0.3, -0.25) is 0 Å². The standard InChI is InChI=1S/C37H28N2O3Se/c1-3-42-37(40)26-17-15-25(16-18-26)30-23-29(24-19-21-27(41-2)22-20-24)28-9-8-12-33(36(28)38-30)39-31-10-4-6-13-34(31)43-35-14-7-5-11-32(35)39/h4-23H,3H2,1-2H3. The Bertz CT molecular complexity index is 1920. The van der Waals surface area contributed by atoms with E-state index < -0.39 is 0 Å². The first-order valence-corrected chi connectivity index (χ1v) is 15.9. The van der Waals surface area contributed by atoms with Crippen LogP contribution in [0.4, 0.5) is 17.1 Å². The Hall–Kier alpha value is -4.90. The molecule has 0 bridgehead atoms. The molecule has 6 heteroatoms. The van der Waals surface area contributed by atoms with Crippen molar-refractivity contribution in [2.75, 3.05) is 18.6 Å². The summed E-state index contributed by atoms with van der Waals surface area (Å²) in [5.74, 6) is 0.478. The SMILES string of the molecule is CCOC(=O)c1ccc(-c2cc(-c3ccc(OC)cc3)c3cccc(N4c5ccccc5[Se]c5ccccc54)c3n2)cc1. The van der Waals surface area contributed by atoms with Gasteiger partial charge in [0, 0.05) is 0 Å². The van der Waals surface area contributed by atoms with Crippen molar-refractivity contribution in [2.45, 2.75) is 6.92 Å². The van der Waals surface area contributed by atoms with E-state index in [1.54, 1.807) is 19.2 Å². The molecule has 7 rings (SSSR count). The number of nitrogens with zero attached hydrogens (tertiary/aromatic N) is 2. The van der Waals surface area contributed by atoms with Crippen LogP contribution in [-0.4, -0.2) is 39.6 Å². The molecular formula is C37H28N2O3Se. The van der Waals surface area contributed by atoms with Gasteiger partial charge < -0.3 is 4.74 Å². The molecule has 0 spiro atoms. The number of esters is 1. The molecule has 5 nitrogen and oxygen atoms in total. The molecule has 0 fully saturated rings. The van der Waals surface area contributed by atoms with E-state index in [2.05, 4.69) is 89.8 Å². The third-order valence-corrected chi connectivity index (χ3v) is 9.96. The van der Waals surface area contributed by atoms with Gasteiger partial charge >= 0.3 is 227 Å². The van der Waals surface area contributed by atoms with Crippen LogP contribution < -0.4 is 18.6 Å². The molecule has 210 valence electrons. The van der Waals surface area contributed by atoms with Crippen molar-refractivity contribution in [3.8, 4) is 28.1 Å². The first kappa shape index (κ1) is 27.0. The van der Waals surface area contributed by atoms with Crippen LogP contribution >= 0.6 is 0 Å². The number of anilines is 3. The van der Waals surface area contributed by atoms with Gasteiger partial charge in [0.2, 0.25) is 0 Å².